The van der Waals surface area contributed by atoms with Crippen molar-refractivity contribution in [2.45, 2.75) is 36.0 Å². The maximum atomic E-state index is 10.8. The Kier molecular flexibility index (Phi) is 5.58. The van der Waals surface area contributed by atoms with Crippen LogP contribution in [0, 0.1) is 5.92 Å². The van der Waals surface area contributed by atoms with Gasteiger partial charge in [-0.1, -0.05) is 25.1 Å². The molecule has 3 aliphatic rings. The third kappa shape index (κ3) is 3.89. The fourth-order valence-corrected chi connectivity index (χ4v) is 6.77. The van der Waals surface area contributed by atoms with Gasteiger partial charge in [0.05, 0.1) is 16.8 Å². The summed E-state index contributed by atoms with van der Waals surface area (Å²) in [5.41, 5.74) is 3.89. The molecule has 2 N–H and O–H groups in total. The van der Waals surface area contributed by atoms with Crippen LogP contribution in [-0.2, 0) is 0 Å². The van der Waals surface area contributed by atoms with Crippen molar-refractivity contribution in [2.24, 2.45) is 5.92 Å². The first kappa shape index (κ1) is 21.7. The molecule has 34 heavy (non-hydrogen) atoms. The van der Waals surface area contributed by atoms with Crippen LogP contribution in [0.1, 0.15) is 42.2 Å². The van der Waals surface area contributed by atoms with Crippen LogP contribution in [0.4, 0.5) is 0 Å². The number of nitrogens with zero attached hydrogens (tertiary/aromatic N) is 1. The number of rotatable bonds is 5. The monoisotopic (exact) mass is 475 g/mol. The van der Waals surface area contributed by atoms with Crippen molar-refractivity contribution in [3.8, 4) is 34.1 Å². The molecule has 3 aromatic carbocycles. The Balaban J connectivity index is 1.28. The summed E-state index contributed by atoms with van der Waals surface area (Å²) >= 11 is 1.67. The van der Waals surface area contributed by atoms with Gasteiger partial charge in [-0.15, -0.1) is 11.8 Å². The van der Waals surface area contributed by atoms with Crippen LogP contribution < -0.4 is 9.47 Å². The van der Waals surface area contributed by atoms with Crippen LogP contribution >= 0.6 is 11.8 Å². The third-order valence-electron chi connectivity index (χ3n) is 7.09. The molecule has 3 atom stereocenters. The number of phenols is 2. The van der Waals surface area contributed by atoms with Crippen LogP contribution in [0.5, 0.6) is 23.0 Å². The molecule has 0 unspecified atom stereocenters. The summed E-state index contributed by atoms with van der Waals surface area (Å²) in [6, 6.07) is 17.0. The van der Waals surface area contributed by atoms with Gasteiger partial charge in [0.2, 0.25) is 0 Å². The zero-order valence-electron chi connectivity index (χ0n) is 19.2. The predicted octanol–water partition coefficient (Wildman–Crippen LogP) is 6.16. The highest BCUT2D eigenvalue weighted by Gasteiger charge is 2.41. The molecule has 1 aliphatic carbocycles. The molecule has 6 heteroatoms. The van der Waals surface area contributed by atoms with Crippen molar-refractivity contribution in [2.75, 3.05) is 26.2 Å². The maximum absolute atomic E-state index is 10.8. The van der Waals surface area contributed by atoms with Gasteiger partial charge in [-0.25, -0.2) is 0 Å². The lowest BCUT2D eigenvalue weighted by Gasteiger charge is -2.39. The standard InChI is InChI=1S/C28H29NO4S/c1-17-10-12-29(16-17)11-3-13-32-19-7-8-20-22(15-19)26-21(4-2-5-23(26)31)28-27(20)33-24-9-6-18(30)14-25(24)34-28/h2,4-9,14-15,17,27-28,30-31H,3,10-13,16H2,1H3/t17-,27+,28-/m1/s1. The highest BCUT2D eigenvalue weighted by molar-refractivity contribution is 7.99. The maximum Gasteiger partial charge on any atom is 0.141 e. The lowest BCUT2D eigenvalue weighted by molar-refractivity contribution is 0.189. The SMILES string of the molecule is C[C@@H]1CCN(CCCOc2ccc3c(c2)-c2c(O)cccc2[C@H]2Sc4cc(O)ccc4O[C@@H]32)C1. The van der Waals surface area contributed by atoms with E-state index in [9.17, 15) is 10.2 Å². The van der Waals surface area contributed by atoms with E-state index in [-0.39, 0.29) is 22.9 Å². The molecule has 0 aromatic heterocycles. The summed E-state index contributed by atoms with van der Waals surface area (Å²) in [5, 5.41) is 20.8. The molecule has 1 saturated heterocycles. The van der Waals surface area contributed by atoms with Crippen LogP contribution in [0.3, 0.4) is 0 Å². The van der Waals surface area contributed by atoms with E-state index in [0.717, 1.165) is 57.5 Å². The van der Waals surface area contributed by atoms with Crippen molar-refractivity contribution >= 4 is 11.8 Å². The van der Waals surface area contributed by atoms with E-state index >= 15 is 0 Å². The lowest BCUT2D eigenvalue weighted by atomic mass is 9.82. The number of fused-ring (bicyclic) bond motifs is 7. The summed E-state index contributed by atoms with van der Waals surface area (Å²) < 4.78 is 12.6. The molecule has 0 radical (unpaired) electrons. The number of thioether (sulfide) groups is 1. The second kappa shape index (κ2) is 8.75. The Labute approximate surface area is 204 Å². The van der Waals surface area contributed by atoms with Crippen molar-refractivity contribution in [1.29, 1.82) is 0 Å². The second-order valence-corrected chi connectivity index (χ2v) is 10.8. The van der Waals surface area contributed by atoms with E-state index in [1.807, 2.05) is 24.3 Å². The summed E-state index contributed by atoms with van der Waals surface area (Å²) in [4.78, 5) is 3.43. The Morgan fingerprint density at radius 1 is 1.09 bits per heavy atom. The number of likely N-dealkylation sites (tertiary alicyclic amines) is 1. The average molecular weight is 476 g/mol. The quantitative estimate of drug-likeness (QED) is 0.431. The molecule has 2 heterocycles. The molecule has 1 fully saturated rings. The van der Waals surface area contributed by atoms with E-state index < -0.39 is 0 Å². The minimum absolute atomic E-state index is 0.0153. The number of phenolic OH excluding ortho intramolecular Hbond substituents is 2. The smallest absolute Gasteiger partial charge is 0.141 e. The van der Waals surface area contributed by atoms with E-state index in [0.29, 0.717) is 6.61 Å². The van der Waals surface area contributed by atoms with Gasteiger partial charge in [0, 0.05) is 24.2 Å². The number of hydrogen-bond acceptors (Lipinski definition) is 6. The van der Waals surface area contributed by atoms with Crippen molar-refractivity contribution in [1.82, 2.24) is 4.90 Å². The molecule has 0 saturated carbocycles. The largest absolute Gasteiger partial charge is 0.508 e. The third-order valence-corrected chi connectivity index (χ3v) is 8.42. The number of benzene rings is 3. The lowest BCUT2D eigenvalue weighted by Crippen LogP contribution is -2.24. The Hall–Kier alpha value is -2.83. The number of aromatic hydroxyl groups is 2. The Bertz CT molecular complexity index is 1230. The molecule has 2 aliphatic heterocycles. The molecular weight excluding hydrogens is 446 g/mol. The molecular formula is C28H29NO4S. The first-order chi connectivity index (χ1) is 16.6. The van der Waals surface area contributed by atoms with Gasteiger partial charge >= 0.3 is 0 Å². The average Bonchev–Trinajstić information content (AvgIpc) is 3.25. The van der Waals surface area contributed by atoms with Crippen LogP contribution in [0.2, 0.25) is 0 Å². The van der Waals surface area contributed by atoms with Gasteiger partial charge in [0.25, 0.3) is 0 Å². The summed E-state index contributed by atoms with van der Waals surface area (Å²) in [6.07, 6.45) is 2.11. The molecule has 3 aromatic rings. The highest BCUT2D eigenvalue weighted by Crippen LogP contribution is 2.60. The number of ether oxygens (including phenoxy) is 2. The van der Waals surface area contributed by atoms with Gasteiger partial charge in [-0.2, -0.15) is 0 Å². The summed E-state index contributed by atoms with van der Waals surface area (Å²) in [7, 11) is 0. The van der Waals surface area contributed by atoms with Gasteiger partial charge < -0.3 is 24.6 Å². The van der Waals surface area contributed by atoms with E-state index in [1.54, 1.807) is 30.0 Å². The fraction of sp³-hybridized carbons (Fsp3) is 0.357. The van der Waals surface area contributed by atoms with Crippen molar-refractivity contribution in [3.05, 3.63) is 65.7 Å². The van der Waals surface area contributed by atoms with Crippen LogP contribution in [0.15, 0.2) is 59.5 Å². The zero-order chi connectivity index (χ0) is 23.2. The fourth-order valence-electron chi connectivity index (χ4n) is 5.42. The highest BCUT2D eigenvalue weighted by atomic mass is 32.2. The molecule has 6 rings (SSSR count). The molecule has 0 bridgehead atoms. The Morgan fingerprint density at radius 2 is 2.00 bits per heavy atom. The second-order valence-electron chi connectivity index (χ2n) is 9.59. The molecule has 176 valence electrons. The van der Waals surface area contributed by atoms with E-state index in [2.05, 4.69) is 24.0 Å². The van der Waals surface area contributed by atoms with Crippen molar-refractivity contribution in [3.63, 3.8) is 0 Å². The predicted molar refractivity (Wildman–Crippen MR) is 134 cm³/mol. The first-order valence-electron chi connectivity index (χ1n) is 12.0. The van der Waals surface area contributed by atoms with Gasteiger partial charge in [0.15, 0.2) is 0 Å². The van der Waals surface area contributed by atoms with E-state index in [1.165, 1.54) is 19.5 Å². The van der Waals surface area contributed by atoms with E-state index in [4.69, 9.17) is 9.47 Å². The minimum atomic E-state index is -0.183. The molecule has 5 nitrogen and oxygen atoms in total. The van der Waals surface area contributed by atoms with Crippen molar-refractivity contribution < 1.29 is 19.7 Å². The number of hydrogen-bond donors (Lipinski definition) is 2. The van der Waals surface area contributed by atoms with Gasteiger partial charge in [-0.3, -0.25) is 0 Å². The Morgan fingerprint density at radius 3 is 2.85 bits per heavy atom. The summed E-state index contributed by atoms with van der Waals surface area (Å²) in [5.74, 6) is 2.88. The van der Waals surface area contributed by atoms with Gasteiger partial charge in [-0.05, 0) is 72.8 Å². The normalized spacial score (nSPS) is 22.8. The van der Waals surface area contributed by atoms with Gasteiger partial charge in [0.1, 0.15) is 29.1 Å². The summed E-state index contributed by atoms with van der Waals surface area (Å²) in [6.45, 7) is 6.45. The first-order valence-corrected chi connectivity index (χ1v) is 12.9. The molecule has 0 spiro atoms. The topological polar surface area (TPSA) is 62.2 Å². The molecule has 0 amide bonds. The van der Waals surface area contributed by atoms with Crippen LogP contribution in [0.25, 0.3) is 11.1 Å². The van der Waals surface area contributed by atoms with Crippen LogP contribution in [-0.4, -0.2) is 41.4 Å². The minimum Gasteiger partial charge on any atom is -0.508 e. The zero-order valence-corrected chi connectivity index (χ0v) is 20.1.